The van der Waals surface area contributed by atoms with Gasteiger partial charge in [-0.3, -0.25) is 10.1 Å². The monoisotopic (exact) mass is 273 g/mol. The molecule has 1 N–H and O–H groups in total. The number of amides is 1. The normalized spacial score (nSPS) is 10.8. The highest BCUT2D eigenvalue weighted by atomic mass is 32.1. The SMILES string of the molecule is Cc1csc(NC(=O)c2ccc3nc(C)oc3c2)n1. The molecule has 0 aliphatic carbocycles. The topological polar surface area (TPSA) is 68.0 Å². The van der Waals surface area contributed by atoms with Crippen LogP contribution in [0.5, 0.6) is 0 Å². The summed E-state index contributed by atoms with van der Waals surface area (Å²) in [5.74, 6) is 0.383. The highest BCUT2D eigenvalue weighted by molar-refractivity contribution is 7.13. The molecule has 0 fully saturated rings. The average molecular weight is 273 g/mol. The fourth-order valence-electron chi connectivity index (χ4n) is 1.76. The number of hydrogen-bond acceptors (Lipinski definition) is 5. The van der Waals surface area contributed by atoms with Gasteiger partial charge in [0.2, 0.25) is 0 Å². The molecule has 3 rings (SSSR count). The Bertz CT molecular complexity index is 760. The number of benzene rings is 1. The van der Waals surface area contributed by atoms with Gasteiger partial charge in [0.05, 0.1) is 5.69 Å². The number of thiazole rings is 1. The maximum absolute atomic E-state index is 12.1. The van der Waals surface area contributed by atoms with Crippen LogP contribution in [0.25, 0.3) is 11.1 Å². The van der Waals surface area contributed by atoms with Crippen molar-refractivity contribution in [2.45, 2.75) is 13.8 Å². The molecule has 96 valence electrons. The highest BCUT2D eigenvalue weighted by Gasteiger charge is 2.11. The number of oxazole rings is 1. The summed E-state index contributed by atoms with van der Waals surface area (Å²) in [5, 5.41) is 5.24. The predicted octanol–water partition coefficient (Wildman–Crippen LogP) is 3.15. The largest absolute Gasteiger partial charge is 0.441 e. The first kappa shape index (κ1) is 11.9. The molecular weight excluding hydrogens is 262 g/mol. The van der Waals surface area contributed by atoms with Crippen LogP contribution in [-0.2, 0) is 0 Å². The van der Waals surface area contributed by atoms with E-state index in [9.17, 15) is 4.79 Å². The Morgan fingerprint density at radius 1 is 1.32 bits per heavy atom. The summed E-state index contributed by atoms with van der Waals surface area (Å²) < 4.78 is 5.41. The number of hydrogen-bond donors (Lipinski definition) is 1. The van der Waals surface area contributed by atoms with Gasteiger partial charge in [-0.25, -0.2) is 9.97 Å². The zero-order chi connectivity index (χ0) is 13.4. The minimum atomic E-state index is -0.203. The van der Waals surface area contributed by atoms with E-state index in [1.54, 1.807) is 25.1 Å². The summed E-state index contributed by atoms with van der Waals surface area (Å²) in [7, 11) is 0. The van der Waals surface area contributed by atoms with Crippen LogP contribution >= 0.6 is 11.3 Å². The van der Waals surface area contributed by atoms with E-state index in [-0.39, 0.29) is 5.91 Å². The van der Waals surface area contributed by atoms with Crippen molar-refractivity contribution in [2.24, 2.45) is 0 Å². The highest BCUT2D eigenvalue weighted by Crippen LogP contribution is 2.19. The van der Waals surface area contributed by atoms with E-state index in [1.807, 2.05) is 12.3 Å². The zero-order valence-electron chi connectivity index (χ0n) is 10.4. The quantitative estimate of drug-likeness (QED) is 0.778. The number of rotatable bonds is 2. The van der Waals surface area contributed by atoms with Crippen LogP contribution in [0.2, 0.25) is 0 Å². The third-order valence-electron chi connectivity index (χ3n) is 2.60. The molecule has 19 heavy (non-hydrogen) atoms. The summed E-state index contributed by atoms with van der Waals surface area (Å²) in [6, 6.07) is 5.18. The Hall–Kier alpha value is -2.21. The summed E-state index contributed by atoms with van der Waals surface area (Å²) in [5.41, 5.74) is 2.78. The van der Waals surface area contributed by atoms with Gasteiger partial charge >= 0.3 is 0 Å². The van der Waals surface area contributed by atoms with Crippen molar-refractivity contribution >= 4 is 33.5 Å². The van der Waals surface area contributed by atoms with E-state index < -0.39 is 0 Å². The molecule has 0 spiro atoms. The van der Waals surface area contributed by atoms with E-state index in [0.717, 1.165) is 11.2 Å². The Balaban J connectivity index is 1.88. The first-order valence-corrected chi connectivity index (χ1v) is 6.60. The van der Waals surface area contributed by atoms with Gasteiger partial charge in [-0.15, -0.1) is 11.3 Å². The minimum Gasteiger partial charge on any atom is -0.441 e. The number of aryl methyl sites for hydroxylation is 2. The number of aromatic nitrogens is 2. The number of anilines is 1. The third-order valence-corrected chi connectivity index (χ3v) is 3.47. The molecule has 5 nitrogen and oxygen atoms in total. The summed E-state index contributed by atoms with van der Waals surface area (Å²) in [6.45, 7) is 3.66. The Morgan fingerprint density at radius 2 is 2.16 bits per heavy atom. The third kappa shape index (κ3) is 2.34. The number of carbonyl (C=O) groups is 1. The molecule has 3 aromatic rings. The van der Waals surface area contributed by atoms with E-state index in [0.29, 0.717) is 22.2 Å². The van der Waals surface area contributed by atoms with Crippen LogP contribution in [0.4, 0.5) is 5.13 Å². The van der Waals surface area contributed by atoms with E-state index in [1.165, 1.54) is 11.3 Å². The molecule has 0 aliphatic rings. The molecule has 0 radical (unpaired) electrons. The Labute approximate surface area is 113 Å². The smallest absolute Gasteiger partial charge is 0.257 e. The van der Waals surface area contributed by atoms with Crippen molar-refractivity contribution in [1.82, 2.24) is 9.97 Å². The summed E-state index contributed by atoms with van der Waals surface area (Å²) in [4.78, 5) is 20.5. The van der Waals surface area contributed by atoms with Gasteiger partial charge in [0.1, 0.15) is 5.52 Å². The molecule has 0 unspecified atom stereocenters. The molecule has 2 heterocycles. The molecule has 0 saturated carbocycles. The molecule has 1 aromatic carbocycles. The fourth-order valence-corrected chi connectivity index (χ4v) is 2.44. The van der Waals surface area contributed by atoms with Crippen molar-refractivity contribution in [3.8, 4) is 0 Å². The number of nitrogens with one attached hydrogen (secondary N) is 1. The van der Waals surface area contributed by atoms with Gasteiger partial charge in [0.25, 0.3) is 5.91 Å². The van der Waals surface area contributed by atoms with E-state index in [4.69, 9.17) is 4.42 Å². The second kappa shape index (κ2) is 4.47. The number of fused-ring (bicyclic) bond motifs is 1. The van der Waals surface area contributed by atoms with Crippen LogP contribution in [0, 0.1) is 13.8 Å². The van der Waals surface area contributed by atoms with Crippen LogP contribution in [-0.4, -0.2) is 15.9 Å². The molecule has 0 atom stereocenters. The minimum absolute atomic E-state index is 0.203. The number of carbonyl (C=O) groups excluding carboxylic acids is 1. The Morgan fingerprint density at radius 3 is 2.89 bits per heavy atom. The lowest BCUT2D eigenvalue weighted by Crippen LogP contribution is -2.11. The average Bonchev–Trinajstić information content (AvgIpc) is 2.93. The molecule has 0 bridgehead atoms. The van der Waals surface area contributed by atoms with Gasteiger partial charge in [-0.2, -0.15) is 0 Å². The zero-order valence-corrected chi connectivity index (χ0v) is 11.2. The van der Waals surface area contributed by atoms with Crippen molar-refractivity contribution in [3.63, 3.8) is 0 Å². The number of nitrogens with zero attached hydrogens (tertiary/aromatic N) is 2. The second-order valence-corrected chi connectivity index (χ2v) is 5.02. The van der Waals surface area contributed by atoms with Crippen LogP contribution in [0.15, 0.2) is 28.0 Å². The van der Waals surface area contributed by atoms with Crippen molar-refractivity contribution < 1.29 is 9.21 Å². The van der Waals surface area contributed by atoms with E-state index >= 15 is 0 Å². The first-order valence-electron chi connectivity index (χ1n) is 5.72. The maximum Gasteiger partial charge on any atom is 0.257 e. The van der Waals surface area contributed by atoms with Gasteiger partial charge in [0, 0.05) is 17.9 Å². The molecule has 6 heteroatoms. The standard InChI is InChI=1S/C13H11N3O2S/c1-7-6-19-13(14-7)16-12(17)9-3-4-10-11(5-9)18-8(2)15-10/h3-6H,1-2H3,(H,14,16,17). The van der Waals surface area contributed by atoms with Crippen molar-refractivity contribution in [2.75, 3.05) is 5.32 Å². The molecular formula is C13H11N3O2S. The van der Waals surface area contributed by atoms with Crippen LogP contribution in [0.3, 0.4) is 0 Å². The van der Waals surface area contributed by atoms with Crippen LogP contribution < -0.4 is 5.32 Å². The lowest BCUT2D eigenvalue weighted by Gasteiger charge is -2.00. The predicted molar refractivity (Wildman–Crippen MR) is 73.6 cm³/mol. The molecule has 0 aliphatic heterocycles. The Kier molecular flexibility index (Phi) is 2.79. The molecule has 1 amide bonds. The summed E-state index contributed by atoms with van der Waals surface area (Å²) in [6.07, 6.45) is 0. The maximum atomic E-state index is 12.1. The molecule has 0 saturated heterocycles. The van der Waals surface area contributed by atoms with Gasteiger partial charge < -0.3 is 4.42 Å². The lowest BCUT2D eigenvalue weighted by molar-refractivity contribution is 0.102. The van der Waals surface area contributed by atoms with E-state index in [2.05, 4.69) is 15.3 Å². The van der Waals surface area contributed by atoms with Gasteiger partial charge in [-0.05, 0) is 25.1 Å². The van der Waals surface area contributed by atoms with Crippen molar-refractivity contribution in [3.05, 3.63) is 40.7 Å². The fraction of sp³-hybridized carbons (Fsp3) is 0.154. The van der Waals surface area contributed by atoms with Gasteiger partial charge in [-0.1, -0.05) is 0 Å². The summed E-state index contributed by atoms with van der Waals surface area (Å²) >= 11 is 1.40. The van der Waals surface area contributed by atoms with Gasteiger partial charge in [0.15, 0.2) is 16.6 Å². The first-order chi connectivity index (χ1) is 9.11. The lowest BCUT2D eigenvalue weighted by atomic mass is 10.2. The van der Waals surface area contributed by atoms with Crippen LogP contribution in [0.1, 0.15) is 21.9 Å². The second-order valence-electron chi connectivity index (χ2n) is 4.16. The van der Waals surface area contributed by atoms with Crippen molar-refractivity contribution in [1.29, 1.82) is 0 Å². The molecule has 2 aromatic heterocycles.